The van der Waals surface area contributed by atoms with Crippen molar-refractivity contribution in [3.8, 4) is 11.5 Å². The second-order valence-corrected chi connectivity index (χ2v) is 4.62. The number of imidazole rings is 1. The highest BCUT2D eigenvalue weighted by molar-refractivity contribution is 6.33. The van der Waals surface area contributed by atoms with Crippen molar-refractivity contribution in [3.63, 3.8) is 0 Å². The van der Waals surface area contributed by atoms with E-state index in [4.69, 9.17) is 16.3 Å². The Hall–Kier alpha value is -2.41. The summed E-state index contributed by atoms with van der Waals surface area (Å²) in [5.74, 6) is 0.0303. The molecule has 0 spiro atoms. The molecule has 0 saturated carbocycles. The van der Waals surface area contributed by atoms with Crippen LogP contribution in [0.4, 0.5) is 0 Å². The quantitative estimate of drug-likeness (QED) is 0.670. The molecule has 8 heteroatoms. The zero-order valence-corrected chi connectivity index (χ0v) is 11.5. The van der Waals surface area contributed by atoms with E-state index in [9.17, 15) is 4.79 Å². The Balaban J connectivity index is 2.24. The predicted molar refractivity (Wildman–Crippen MR) is 71.5 cm³/mol. The van der Waals surface area contributed by atoms with Crippen molar-refractivity contribution in [3.05, 3.63) is 35.4 Å². The van der Waals surface area contributed by atoms with Crippen LogP contribution in [0.25, 0.3) is 17.2 Å². The lowest BCUT2D eigenvalue weighted by Crippen LogP contribution is -2.04. The lowest BCUT2D eigenvalue weighted by Gasteiger charge is -2.03. The van der Waals surface area contributed by atoms with Gasteiger partial charge in [0.2, 0.25) is 0 Å². The largest absolute Gasteiger partial charge is 0.465 e. The molecule has 0 aliphatic heterocycles. The van der Waals surface area contributed by atoms with E-state index in [-0.39, 0.29) is 0 Å². The average Bonchev–Trinajstić information content (AvgIpc) is 3.03. The number of carbonyl (C=O) groups is 1. The molecule has 0 aliphatic carbocycles. The summed E-state index contributed by atoms with van der Waals surface area (Å²) in [4.78, 5) is 15.8. The molecule has 0 atom stereocenters. The first-order valence-electron chi connectivity index (χ1n) is 5.71. The highest BCUT2D eigenvalue weighted by atomic mass is 35.5. The summed E-state index contributed by atoms with van der Waals surface area (Å²) < 4.78 is 8.11. The Morgan fingerprint density at radius 3 is 2.80 bits per heavy atom. The van der Waals surface area contributed by atoms with Gasteiger partial charge in [-0.3, -0.25) is 4.40 Å². The maximum atomic E-state index is 11.6. The van der Waals surface area contributed by atoms with Crippen LogP contribution in [0.15, 0.2) is 24.8 Å². The molecule has 0 fully saturated rings. The van der Waals surface area contributed by atoms with Crippen LogP contribution in [-0.4, -0.2) is 37.2 Å². The maximum absolute atomic E-state index is 11.6. The Labute approximate surface area is 118 Å². The molecule has 0 unspecified atom stereocenters. The number of rotatable bonds is 2. The Morgan fingerprint density at radius 2 is 2.15 bits per heavy atom. The minimum absolute atomic E-state index is 0.321. The van der Waals surface area contributed by atoms with Gasteiger partial charge in [0.1, 0.15) is 5.69 Å². The fourth-order valence-corrected chi connectivity index (χ4v) is 2.13. The summed E-state index contributed by atoms with van der Waals surface area (Å²) >= 11 is 6.11. The van der Waals surface area contributed by atoms with Gasteiger partial charge in [0.15, 0.2) is 11.5 Å². The molecule has 3 aromatic rings. The number of ether oxygens (including phenoxy) is 1. The van der Waals surface area contributed by atoms with Gasteiger partial charge in [-0.05, 0) is 6.07 Å². The number of nitrogens with zero attached hydrogens (tertiary/aromatic N) is 5. The molecule has 102 valence electrons. The Morgan fingerprint density at radius 1 is 1.35 bits per heavy atom. The maximum Gasteiger partial charge on any atom is 0.339 e. The third-order valence-electron chi connectivity index (χ3n) is 2.81. The van der Waals surface area contributed by atoms with Crippen LogP contribution in [0.3, 0.4) is 0 Å². The van der Waals surface area contributed by atoms with Crippen molar-refractivity contribution < 1.29 is 9.53 Å². The van der Waals surface area contributed by atoms with E-state index in [0.717, 1.165) is 0 Å². The normalized spacial score (nSPS) is 10.9. The number of hydrogen-bond acceptors (Lipinski definition) is 5. The molecule has 3 rings (SSSR count). The van der Waals surface area contributed by atoms with E-state index in [1.807, 2.05) is 7.05 Å². The second kappa shape index (κ2) is 4.61. The number of fused-ring (bicyclic) bond motifs is 1. The van der Waals surface area contributed by atoms with Crippen LogP contribution in [0.2, 0.25) is 5.02 Å². The van der Waals surface area contributed by atoms with Crippen LogP contribution >= 0.6 is 11.6 Å². The molecule has 0 bridgehead atoms. The first-order chi connectivity index (χ1) is 9.60. The van der Waals surface area contributed by atoms with Crippen molar-refractivity contribution in [2.24, 2.45) is 7.05 Å². The van der Waals surface area contributed by atoms with Gasteiger partial charge in [-0.2, -0.15) is 0 Å². The molecule has 20 heavy (non-hydrogen) atoms. The number of pyridine rings is 1. The fourth-order valence-electron chi connectivity index (χ4n) is 1.89. The molecular weight excluding hydrogens is 282 g/mol. The summed E-state index contributed by atoms with van der Waals surface area (Å²) in [7, 11) is 3.17. The van der Waals surface area contributed by atoms with E-state index in [0.29, 0.717) is 27.8 Å². The van der Waals surface area contributed by atoms with Crippen LogP contribution in [0, 0.1) is 0 Å². The SMILES string of the molecule is COC(=O)c1cc(Cl)c2nnc(-c3cn(C)cn3)n2c1. The molecule has 3 heterocycles. The fraction of sp³-hybridized carbons (Fsp3) is 0.167. The third kappa shape index (κ3) is 1.92. The summed E-state index contributed by atoms with van der Waals surface area (Å²) in [6.07, 6.45) is 5.04. The highest BCUT2D eigenvalue weighted by Gasteiger charge is 2.16. The monoisotopic (exact) mass is 291 g/mol. The number of aryl methyl sites for hydroxylation is 1. The van der Waals surface area contributed by atoms with Crippen molar-refractivity contribution in [2.75, 3.05) is 7.11 Å². The molecule has 3 aromatic heterocycles. The molecule has 0 radical (unpaired) electrons. The van der Waals surface area contributed by atoms with Gasteiger partial charge < -0.3 is 9.30 Å². The Kier molecular flexibility index (Phi) is 2.90. The summed E-state index contributed by atoms with van der Waals surface area (Å²) in [5.41, 5.74) is 1.42. The summed E-state index contributed by atoms with van der Waals surface area (Å²) in [6.45, 7) is 0. The van der Waals surface area contributed by atoms with Gasteiger partial charge in [-0.15, -0.1) is 10.2 Å². The van der Waals surface area contributed by atoms with E-state index < -0.39 is 5.97 Å². The van der Waals surface area contributed by atoms with E-state index in [1.165, 1.54) is 13.2 Å². The first-order valence-corrected chi connectivity index (χ1v) is 6.09. The highest BCUT2D eigenvalue weighted by Crippen LogP contribution is 2.23. The third-order valence-corrected chi connectivity index (χ3v) is 3.09. The van der Waals surface area contributed by atoms with Gasteiger partial charge in [-0.1, -0.05) is 11.6 Å². The zero-order valence-electron chi connectivity index (χ0n) is 10.7. The number of hydrogen-bond donors (Lipinski definition) is 0. The lowest BCUT2D eigenvalue weighted by atomic mass is 10.3. The predicted octanol–water partition coefficient (Wildman–Crippen LogP) is 1.57. The molecular formula is C12H10ClN5O2. The van der Waals surface area contributed by atoms with Gasteiger partial charge in [0.05, 0.1) is 24.0 Å². The second-order valence-electron chi connectivity index (χ2n) is 4.21. The number of methoxy groups -OCH3 is 1. The Bertz CT molecular complexity index is 807. The number of carbonyl (C=O) groups excluding carboxylic acids is 1. The van der Waals surface area contributed by atoms with Gasteiger partial charge in [0.25, 0.3) is 0 Å². The molecule has 0 aromatic carbocycles. The van der Waals surface area contributed by atoms with E-state index >= 15 is 0 Å². The van der Waals surface area contributed by atoms with Crippen molar-refractivity contribution in [1.82, 2.24) is 24.1 Å². The van der Waals surface area contributed by atoms with Crippen LogP contribution in [-0.2, 0) is 11.8 Å². The van der Waals surface area contributed by atoms with Crippen molar-refractivity contribution in [2.45, 2.75) is 0 Å². The van der Waals surface area contributed by atoms with Crippen molar-refractivity contribution in [1.29, 1.82) is 0 Å². The molecule has 7 nitrogen and oxygen atoms in total. The van der Waals surface area contributed by atoms with E-state index in [2.05, 4.69) is 15.2 Å². The number of halogens is 1. The van der Waals surface area contributed by atoms with Gasteiger partial charge in [0, 0.05) is 19.4 Å². The smallest absolute Gasteiger partial charge is 0.339 e. The van der Waals surface area contributed by atoms with Gasteiger partial charge in [-0.25, -0.2) is 9.78 Å². The summed E-state index contributed by atoms with van der Waals surface area (Å²) in [6, 6.07) is 1.50. The average molecular weight is 292 g/mol. The molecule has 0 aliphatic rings. The van der Waals surface area contributed by atoms with Crippen LogP contribution in [0.5, 0.6) is 0 Å². The van der Waals surface area contributed by atoms with Crippen LogP contribution in [0.1, 0.15) is 10.4 Å². The first kappa shape index (κ1) is 12.6. The standard InChI is InChI=1S/C12H10ClN5O2/c1-17-5-9(14-6-17)11-16-15-10-8(13)3-7(4-18(10)11)12(19)20-2/h3-6H,1-2H3. The number of esters is 1. The van der Waals surface area contributed by atoms with Gasteiger partial charge >= 0.3 is 5.97 Å². The molecule has 0 saturated heterocycles. The van der Waals surface area contributed by atoms with Crippen LogP contribution < -0.4 is 0 Å². The topological polar surface area (TPSA) is 74.3 Å². The molecule has 0 N–H and O–H groups in total. The summed E-state index contributed by atoms with van der Waals surface area (Å²) in [5, 5.41) is 8.40. The minimum atomic E-state index is -0.477. The van der Waals surface area contributed by atoms with E-state index in [1.54, 1.807) is 27.7 Å². The number of aromatic nitrogens is 5. The molecule has 0 amide bonds. The lowest BCUT2D eigenvalue weighted by molar-refractivity contribution is 0.0600. The zero-order chi connectivity index (χ0) is 14.3. The van der Waals surface area contributed by atoms with Crippen molar-refractivity contribution >= 4 is 23.2 Å². The minimum Gasteiger partial charge on any atom is -0.465 e.